The molecule has 7 heteroatoms. The zero-order valence-electron chi connectivity index (χ0n) is 9.85. The van der Waals surface area contributed by atoms with E-state index in [-0.39, 0.29) is 0 Å². The minimum Gasteiger partial charge on any atom is -0.361 e. The van der Waals surface area contributed by atoms with Gasteiger partial charge in [-0.25, -0.2) is 10.1 Å². The Hall–Kier alpha value is -2.96. The fourth-order valence-electron chi connectivity index (χ4n) is 1.35. The normalized spacial score (nSPS) is 10.5. The number of benzene rings is 1. The van der Waals surface area contributed by atoms with Gasteiger partial charge in [-0.3, -0.25) is 9.59 Å². The summed E-state index contributed by atoms with van der Waals surface area (Å²) in [4.78, 5) is 21.3. The summed E-state index contributed by atoms with van der Waals surface area (Å²) in [6.45, 7) is 0. The summed E-state index contributed by atoms with van der Waals surface area (Å²) in [5, 5.41) is 7.73. The van der Waals surface area contributed by atoms with E-state index in [1.54, 1.807) is 17.1 Å². The van der Waals surface area contributed by atoms with Crippen molar-refractivity contribution in [1.82, 2.24) is 15.2 Å². The van der Waals surface area contributed by atoms with Crippen molar-refractivity contribution in [2.45, 2.75) is 0 Å². The van der Waals surface area contributed by atoms with Gasteiger partial charge < -0.3 is 5.73 Å². The monoisotopic (exact) mass is 257 g/mol. The van der Waals surface area contributed by atoms with E-state index in [1.807, 2.05) is 35.8 Å². The Labute approximate surface area is 108 Å². The minimum absolute atomic E-state index is 0.675. The maximum absolute atomic E-state index is 10.8. The number of rotatable bonds is 3. The standard InChI is InChI=1S/C12H11N5O2/c13-11(18)12(19)16-14-6-9-7-15-17(8-9)10-4-2-1-3-5-10/h1-8H,(H2,13,18)(H,16,19)/b14-6-. The van der Waals surface area contributed by atoms with Crippen molar-refractivity contribution < 1.29 is 9.59 Å². The fourth-order valence-corrected chi connectivity index (χ4v) is 1.35. The summed E-state index contributed by atoms with van der Waals surface area (Å²) in [5.41, 5.74) is 8.33. The lowest BCUT2D eigenvalue weighted by atomic mass is 10.3. The molecule has 1 heterocycles. The molecule has 0 spiro atoms. The molecule has 0 fully saturated rings. The number of nitrogens with one attached hydrogen (secondary N) is 1. The first-order chi connectivity index (χ1) is 9.16. The van der Waals surface area contributed by atoms with Crippen LogP contribution in [0, 0.1) is 0 Å². The number of para-hydroxylation sites is 1. The van der Waals surface area contributed by atoms with Gasteiger partial charge in [0.2, 0.25) is 0 Å². The maximum atomic E-state index is 10.8. The van der Waals surface area contributed by atoms with Crippen molar-refractivity contribution in [2.75, 3.05) is 0 Å². The highest BCUT2D eigenvalue weighted by molar-refractivity contribution is 6.34. The van der Waals surface area contributed by atoms with E-state index < -0.39 is 11.8 Å². The first-order valence-corrected chi connectivity index (χ1v) is 5.40. The maximum Gasteiger partial charge on any atom is 0.329 e. The van der Waals surface area contributed by atoms with Gasteiger partial charge in [0.1, 0.15) is 0 Å². The number of nitrogens with two attached hydrogens (primary N) is 1. The van der Waals surface area contributed by atoms with Gasteiger partial charge in [0, 0.05) is 11.8 Å². The van der Waals surface area contributed by atoms with Gasteiger partial charge >= 0.3 is 11.8 Å². The highest BCUT2D eigenvalue weighted by Crippen LogP contribution is 2.06. The Kier molecular flexibility index (Phi) is 3.67. The topological polar surface area (TPSA) is 102 Å². The van der Waals surface area contributed by atoms with Gasteiger partial charge in [-0.05, 0) is 12.1 Å². The van der Waals surface area contributed by atoms with E-state index in [1.165, 1.54) is 6.21 Å². The number of nitrogens with zero attached hydrogens (tertiary/aromatic N) is 3. The van der Waals surface area contributed by atoms with Crippen LogP contribution in [0.5, 0.6) is 0 Å². The van der Waals surface area contributed by atoms with Gasteiger partial charge in [0.25, 0.3) is 0 Å². The van der Waals surface area contributed by atoms with E-state index >= 15 is 0 Å². The molecule has 0 radical (unpaired) electrons. The zero-order chi connectivity index (χ0) is 13.7. The van der Waals surface area contributed by atoms with Crippen LogP contribution in [-0.2, 0) is 9.59 Å². The molecule has 0 saturated heterocycles. The van der Waals surface area contributed by atoms with Crippen molar-refractivity contribution in [3.63, 3.8) is 0 Å². The predicted octanol–water partition coefficient (Wildman–Crippen LogP) is -0.192. The highest BCUT2D eigenvalue weighted by Gasteiger charge is 2.05. The summed E-state index contributed by atoms with van der Waals surface area (Å²) in [6.07, 6.45) is 4.68. The van der Waals surface area contributed by atoms with Crippen molar-refractivity contribution >= 4 is 18.0 Å². The molecule has 7 nitrogen and oxygen atoms in total. The van der Waals surface area contributed by atoms with Crippen LogP contribution >= 0.6 is 0 Å². The molecule has 0 aliphatic rings. The summed E-state index contributed by atoms with van der Waals surface area (Å²) in [6, 6.07) is 9.52. The van der Waals surface area contributed by atoms with Crippen LogP contribution in [0.2, 0.25) is 0 Å². The first-order valence-electron chi connectivity index (χ1n) is 5.40. The fraction of sp³-hybridized carbons (Fsp3) is 0. The lowest BCUT2D eigenvalue weighted by molar-refractivity contribution is -0.137. The van der Waals surface area contributed by atoms with Crippen molar-refractivity contribution in [3.8, 4) is 5.69 Å². The summed E-state index contributed by atoms with van der Waals surface area (Å²) in [5.74, 6) is -2.05. The number of carbonyl (C=O) groups excluding carboxylic acids is 2. The first kappa shape index (κ1) is 12.5. The minimum atomic E-state index is -1.09. The smallest absolute Gasteiger partial charge is 0.329 e. The molecule has 0 bridgehead atoms. The SMILES string of the molecule is NC(=O)C(=O)N/N=C\c1cnn(-c2ccccc2)c1. The number of primary amides is 1. The van der Waals surface area contributed by atoms with Crippen molar-refractivity contribution in [3.05, 3.63) is 48.3 Å². The van der Waals surface area contributed by atoms with Crippen LogP contribution in [0.25, 0.3) is 5.69 Å². The molecule has 0 aliphatic carbocycles. The molecule has 0 saturated carbocycles. The average Bonchev–Trinajstić information content (AvgIpc) is 2.88. The predicted molar refractivity (Wildman–Crippen MR) is 68.5 cm³/mol. The van der Waals surface area contributed by atoms with E-state index in [2.05, 4.69) is 10.2 Å². The van der Waals surface area contributed by atoms with Crippen molar-refractivity contribution in [1.29, 1.82) is 0 Å². The zero-order valence-corrected chi connectivity index (χ0v) is 9.85. The highest BCUT2D eigenvalue weighted by atomic mass is 16.2. The third-order valence-electron chi connectivity index (χ3n) is 2.23. The Morgan fingerprint density at radius 3 is 2.74 bits per heavy atom. The molecular weight excluding hydrogens is 246 g/mol. The van der Waals surface area contributed by atoms with Gasteiger partial charge in [0.05, 0.1) is 18.1 Å². The molecular formula is C12H11N5O2. The molecule has 1 aromatic carbocycles. The number of aromatic nitrogens is 2. The molecule has 3 N–H and O–H groups in total. The number of carbonyl (C=O) groups is 2. The van der Waals surface area contributed by atoms with E-state index in [9.17, 15) is 9.59 Å². The second-order valence-electron chi connectivity index (χ2n) is 3.62. The molecule has 0 unspecified atom stereocenters. The van der Waals surface area contributed by atoms with Gasteiger partial charge in [0.15, 0.2) is 0 Å². The number of hydrazone groups is 1. The molecule has 1 aromatic heterocycles. The lowest BCUT2D eigenvalue weighted by Gasteiger charge is -1.98. The van der Waals surface area contributed by atoms with Crippen LogP contribution in [0.4, 0.5) is 0 Å². The molecule has 0 atom stereocenters. The molecule has 96 valence electrons. The van der Waals surface area contributed by atoms with Gasteiger partial charge in [-0.15, -0.1) is 0 Å². The largest absolute Gasteiger partial charge is 0.361 e. The molecule has 19 heavy (non-hydrogen) atoms. The summed E-state index contributed by atoms with van der Waals surface area (Å²) < 4.78 is 1.66. The molecule has 2 rings (SSSR count). The Balaban J connectivity index is 2.04. The number of amides is 2. The lowest BCUT2D eigenvalue weighted by Crippen LogP contribution is -2.32. The van der Waals surface area contributed by atoms with Crippen LogP contribution < -0.4 is 11.2 Å². The third kappa shape index (κ3) is 3.25. The van der Waals surface area contributed by atoms with Crippen LogP contribution in [0.3, 0.4) is 0 Å². The molecule has 2 amide bonds. The second-order valence-corrected chi connectivity index (χ2v) is 3.62. The Bertz CT molecular complexity index is 618. The molecule has 2 aromatic rings. The summed E-state index contributed by atoms with van der Waals surface area (Å²) in [7, 11) is 0. The van der Waals surface area contributed by atoms with Crippen LogP contribution in [0.15, 0.2) is 47.8 Å². The third-order valence-corrected chi connectivity index (χ3v) is 2.23. The van der Waals surface area contributed by atoms with Crippen LogP contribution in [0.1, 0.15) is 5.56 Å². The van der Waals surface area contributed by atoms with Gasteiger partial charge in [-0.2, -0.15) is 10.2 Å². The second kappa shape index (κ2) is 5.58. The quantitative estimate of drug-likeness (QED) is 0.452. The molecule has 0 aliphatic heterocycles. The average molecular weight is 257 g/mol. The number of hydrogen-bond donors (Lipinski definition) is 2. The van der Waals surface area contributed by atoms with Gasteiger partial charge in [-0.1, -0.05) is 18.2 Å². The Morgan fingerprint density at radius 2 is 2.05 bits per heavy atom. The van der Waals surface area contributed by atoms with E-state index in [4.69, 9.17) is 5.73 Å². The Morgan fingerprint density at radius 1 is 1.32 bits per heavy atom. The van der Waals surface area contributed by atoms with E-state index in [0.29, 0.717) is 5.56 Å². The summed E-state index contributed by atoms with van der Waals surface area (Å²) >= 11 is 0. The van der Waals surface area contributed by atoms with E-state index in [0.717, 1.165) is 5.69 Å². The van der Waals surface area contributed by atoms with Crippen LogP contribution in [-0.4, -0.2) is 27.8 Å². The van der Waals surface area contributed by atoms with Crippen molar-refractivity contribution in [2.24, 2.45) is 10.8 Å². The number of hydrogen-bond acceptors (Lipinski definition) is 4.